The number of hydrogen-bond donors (Lipinski definition) is 1. The lowest BCUT2D eigenvalue weighted by Crippen LogP contribution is -2.35. The van der Waals surface area contributed by atoms with Gasteiger partial charge in [0.15, 0.2) is 0 Å². The number of pyridine rings is 1. The molecule has 0 aliphatic rings. The zero-order chi connectivity index (χ0) is 14.6. The van der Waals surface area contributed by atoms with Gasteiger partial charge in [-0.1, -0.05) is 11.6 Å². The molecule has 0 radical (unpaired) electrons. The summed E-state index contributed by atoms with van der Waals surface area (Å²) in [5, 5.41) is 3.84. The van der Waals surface area contributed by atoms with Gasteiger partial charge in [0.2, 0.25) is 0 Å². The van der Waals surface area contributed by atoms with Crippen LogP contribution in [0.25, 0.3) is 0 Å². The van der Waals surface area contributed by atoms with Crippen LogP contribution >= 0.6 is 11.6 Å². The van der Waals surface area contributed by atoms with E-state index in [0.717, 1.165) is 5.56 Å². The third kappa shape index (κ3) is 5.70. The summed E-state index contributed by atoms with van der Waals surface area (Å²) in [4.78, 5) is 5.49. The van der Waals surface area contributed by atoms with Crippen LogP contribution in [0, 0.1) is 0 Å². The summed E-state index contributed by atoms with van der Waals surface area (Å²) in [6, 6.07) is 1.74. The molecular weight excluding hydrogens is 272 g/mol. The molecule has 0 saturated carbocycles. The number of hydrogen-bond acceptors (Lipinski definition) is 3. The number of nitrogens with one attached hydrogen (secondary N) is 1. The quantitative estimate of drug-likeness (QED) is 0.902. The average molecular weight is 292 g/mol. The van der Waals surface area contributed by atoms with Gasteiger partial charge in [-0.2, -0.15) is 0 Å². The largest absolute Gasteiger partial charge is 0.354 e. The van der Waals surface area contributed by atoms with Crippen molar-refractivity contribution in [3.8, 4) is 0 Å². The molecule has 0 amide bonds. The van der Waals surface area contributed by atoms with Gasteiger partial charge in [0.25, 0.3) is 6.43 Å². The Morgan fingerprint density at radius 3 is 2.58 bits per heavy atom. The van der Waals surface area contributed by atoms with Crippen LogP contribution < -0.4 is 10.2 Å². The zero-order valence-corrected chi connectivity index (χ0v) is 12.4. The van der Waals surface area contributed by atoms with Crippen molar-refractivity contribution in [2.45, 2.75) is 39.3 Å². The number of aromatic nitrogens is 1. The van der Waals surface area contributed by atoms with E-state index in [0.29, 0.717) is 17.4 Å². The molecule has 19 heavy (non-hydrogen) atoms. The summed E-state index contributed by atoms with van der Waals surface area (Å²) in [5.74, 6) is 0.496. The van der Waals surface area contributed by atoms with Gasteiger partial charge in [0.1, 0.15) is 5.82 Å². The van der Waals surface area contributed by atoms with E-state index in [1.165, 1.54) is 11.1 Å². The van der Waals surface area contributed by atoms with E-state index in [9.17, 15) is 8.78 Å². The lowest BCUT2D eigenvalue weighted by molar-refractivity contribution is 0.156. The second-order valence-corrected chi connectivity index (χ2v) is 5.92. The van der Waals surface area contributed by atoms with Gasteiger partial charge >= 0.3 is 0 Å². The lowest BCUT2D eigenvalue weighted by atomic mass is 10.1. The molecule has 108 valence electrons. The Bertz CT molecular complexity index is 419. The Balaban J connectivity index is 2.82. The molecule has 1 heterocycles. The number of nitrogens with zero attached hydrogens (tertiary/aromatic N) is 2. The predicted octanol–water partition coefficient (Wildman–Crippen LogP) is 3.32. The first-order valence-electron chi connectivity index (χ1n) is 6.08. The van der Waals surface area contributed by atoms with Gasteiger partial charge in [-0.25, -0.2) is 13.8 Å². The van der Waals surface area contributed by atoms with Crippen LogP contribution in [0.3, 0.4) is 0 Å². The predicted molar refractivity (Wildman–Crippen MR) is 75.1 cm³/mol. The number of halogens is 3. The molecule has 3 nitrogen and oxygen atoms in total. The second-order valence-electron chi connectivity index (χ2n) is 5.51. The Labute approximate surface area is 118 Å². The lowest BCUT2D eigenvalue weighted by Gasteiger charge is -2.22. The number of anilines is 1. The van der Waals surface area contributed by atoms with Crippen molar-refractivity contribution in [2.75, 3.05) is 18.5 Å². The van der Waals surface area contributed by atoms with E-state index in [4.69, 9.17) is 11.6 Å². The fraction of sp³-hybridized carbons (Fsp3) is 0.615. The molecule has 0 atom stereocenters. The van der Waals surface area contributed by atoms with E-state index in [-0.39, 0.29) is 12.1 Å². The highest BCUT2D eigenvalue weighted by Gasteiger charge is 2.14. The van der Waals surface area contributed by atoms with Crippen LogP contribution in [0.2, 0.25) is 5.02 Å². The number of rotatable bonds is 5. The molecular formula is C13H20ClF2N3. The summed E-state index contributed by atoms with van der Waals surface area (Å²) in [6.07, 6.45) is -0.892. The molecule has 1 N–H and O–H groups in total. The summed E-state index contributed by atoms with van der Waals surface area (Å²) < 4.78 is 24.7. The van der Waals surface area contributed by atoms with Gasteiger partial charge in [0.05, 0.1) is 11.6 Å². The molecule has 1 aromatic heterocycles. The summed E-state index contributed by atoms with van der Waals surface area (Å²) in [6.45, 7) is 6.37. The molecule has 0 saturated heterocycles. The average Bonchev–Trinajstić information content (AvgIpc) is 2.25. The fourth-order valence-corrected chi connectivity index (χ4v) is 1.64. The van der Waals surface area contributed by atoms with Gasteiger partial charge in [0, 0.05) is 25.3 Å². The summed E-state index contributed by atoms with van der Waals surface area (Å²) in [7, 11) is 1.59. The third-order valence-corrected chi connectivity index (χ3v) is 2.87. The molecule has 0 fully saturated rings. The topological polar surface area (TPSA) is 28.2 Å². The molecule has 0 spiro atoms. The van der Waals surface area contributed by atoms with E-state index >= 15 is 0 Å². The van der Waals surface area contributed by atoms with Crippen molar-refractivity contribution in [2.24, 2.45) is 0 Å². The molecule has 0 aliphatic carbocycles. The van der Waals surface area contributed by atoms with Crippen LogP contribution in [0.4, 0.5) is 14.6 Å². The second kappa shape index (κ2) is 6.48. The maximum absolute atomic E-state index is 12.3. The molecule has 0 bridgehead atoms. The van der Waals surface area contributed by atoms with Crippen LogP contribution in [-0.4, -0.2) is 30.5 Å². The van der Waals surface area contributed by atoms with E-state index in [2.05, 4.69) is 10.3 Å². The van der Waals surface area contributed by atoms with Crippen molar-refractivity contribution in [3.05, 3.63) is 22.8 Å². The summed E-state index contributed by atoms with van der Waals surface area (Å²) in [5.41, 5.74) is 0.810. The Kier molecular flexibility index (Phi) is 5.50. The van der Waals surface area contributed by atoms with E-state index in [1.54, 1.807) is 13.1 Å². The van der Waals surface area contributed by atoms with E-state index in [1.807, 2.05) is 20.8 Å². The van der Waals surface area contributed by atoms with Crippen molar-refractivity contribution < 1.29 is 8.78 Å². The third-order valence-electron chi connectivity index (χ3n) is 2.53. The van der Waals surface area contributed by atoms with Crippen molar-refractivity contribution in [1.82, 2.24) is 10.3 Å². The van der Waals surface area contributed by atoms with Crippen LogP contribution in [-0.2, 0) is 6.54 Å². The SMILES string of the molecule is CN(CC(F)F)c1cc(CNC(C)(C)C)c(Cl)cn1. The van der Waals surface area contributed by atoms with Crippen LogP contribution in [0.1, 0.15) is 26.3 Å². The van der Waals surface area contributed by atoms with Gasteiger partial charge < -0.3 is 10.2 Å². The first-order chi connectivity index (χ1) is 8.69. The molecule has 0 aromatic carbocycles. The van der Waals surface area contributed by atoms with Crippen molar-refractivity contribution in [1.29, 1.82) is 0 Å². The maximum Gasteiger partial charge on any atom is 0.255 e. The minimum absolute atomic E-state index is 0.0400. The zero-order valence-electron chi connectivity index (χ0n) is 11.7. The van der Waals surface area contributed by atoms with Crippen molar-refractivity contribution >= 4 is 17.4 Å². The smallest absolute Gasteiger partial charge is 0.255 e. The van der Waals surface area contributed by atoms with Crippen LogP contribution in [0.5, 0.6) is 0 Å². The van der Waals surface area contributed by atoms with Gasteiger partial charge in [-0.3, -0.25) is 0 Å². The molecule has 1 rings (SSSR count). The first kappa shape index (κ1) is 16.1. The Hall–Kier alpha value is -0.940. The Morgan fingerprint density at radius 1 is 1.42 bits per heavy atom. The standard InChI is InChI=1S/C13H20ClF2N3/c1-13(2,3)18-6-9-5-12(17-7-10(9)14)19(4)8-11(15)16/h5,7,11,18H,6,8H2,1-4H3. The maximum atomic E-state index is 12.3. The Morgan fingerprint density at radius 2 is 2.05 bits per heavy atom. The fourth-order valence-electron chi connectivity index (χ4n) is 1.47. The number of alkyl halides is 2. The molecule has 0 aliphatic heterocycles. The minimum atomic E-state index is -2.39. The first-order valence-corrected chi connectivity index (χ1v) is 6.45. The van der Waals surface area contributed by atoms with Crippen LogP contribution in [0.15, 0.2) is 12.3 Å². The minimum Gasteiger partial charge on any atom is -0.354 e. The highest BCUT2D eigenvalue weighted by atomic mass is 35.5. The highest BCUT2D eigenvalue weighted by Crippen LogP contribution is 2.21. The summed E-state index contributed by atoms with van der Waals surface area (Å²) >= 11 is 6.07. The highest BCUT2D eigenvalue weighted by molar-refractivity contribution is 6.31. The normalized spacial score (nSPS) is 12.0. The van der Waals surface area contributed by atoms with Gasteiger partial charge in [-0.05, 0) is 32.4 Å². The van der Waals surface area contributed by atoms with E-state index < -0.39 is 6.43 Å². The van der Waals surface area contributed by atoms with Crippen molar-refractivity contribution in [3.63, 3.8) is 0 Å². The molecule has 6 heteroatoms. The monoisotopic (exact) mass is 291 g/mol. The van der Waals surface area contributed by atoms with Gasteiger partial charge in [-0.15, -0.1) is 0 Å². The molecule has 0 unspecified atom stereocenters. The molecule has 1 aromatic rings.